The summed E-state index contributed by atoms with van der Waals surface area (Å²) in [5, 5.41) is 7.26. The number of hydrogen-bond acceptors (Lipinski definition) is 3. The second-order valence-corrected chi connectivity index (χ2v) is 5.84. The van der Waals surface area contributed by atoms with Crippen molar-refractivity contribution in [2.24, 2.45) is 7.05 Å². The molecule has 0 saturated carbocycles. The van der Waals surface area contributed by atoms with Crippen LogP contribution in [0.4, 0.5) is 0 Å². The largest absolute Gasteiger partial charge is 0.355 e. The molecule has 5 heteroatoms. The molecule has 1 aliphatic rings. The van der Waals surface area contributed by atoms with Crippen LogP contribution in [0.5, 0.6) is 0 Å². The minimum atomic E-state index is -0.120. The quantitative estimate of drug-likeness (QED) is 0.927. The molecule has 0 aliphatic carbocycles. The smallest absolute Gasteiger partial charge is 0.237 e. The van der Waals surface area contributed by atoms with Crippen molar-refractivity contribution >= 4 is 5.91 Å². The Morgan fingerprint density at radius 2 is 2.09 bits per heavy atom. The fourth-order valence-corrected chi connectivity index (χ4v) is 2.97. The first kappa shape index (κ1) is 14.8. The van der Waals surface area contributed by atoms with Gasteiger partial charge in [0.05, 0.1) is 12.2 Å². The summed E-state index contributed by atoms with van der Waals surface area (Å²) in [5.41, 5.74) is 2.34. The number of carbonyl (C=O) groups is 1. The fraction of sp³-hybridized carbons (Fsp3) is 0.412. The van der Waals surface area contributed by atoms with E-state index in [9.17, 15) is 4.79 Å². The molecule has 3 rings (SSSR count). The summed E-state index contributed by atoms with van der Waals surface area (Å²) in [6.07, 6.45) is 5.62. The van der Waals surface area contributed by atoms with Gasteiger partial charge in [-0.1, -0.05) is 30.3 Å². The van der Waals surface area contributed by atoms with Crippen LogP contribution >= 0.6 is 0 Å². The lowest BCUT2D eigenvalue weighted by Gasteiger charge is -2.28. The number of carbonyl (C=O) groups excluding carboxylic acids is 1. The molecule has 5 nitrogen and oxygen atoms in total. The normalized spacial score (nSPS) is 19.7. The zero-order chi connectivity index (χ0) is 15.4. The molecule has 22 heavy (non-hydrogen) atoms. The van der Waals surface area contributed by atoms with Crippen LogP contribution in [-0.4, -0.2) is 39.7 Å². The minimum absolute atomic E-state index is 0.120. The van der Waals surface area contributed by atoms with E-state index < -0.39 is 0 Å². The highest BCUT2D eigenvalue weighted by Gasteiger charge is 2.28. The Morgan fingerprint density at radius 1 is 1.27 bits per heavy atom. The molecule has 1 N–H and O–H groups in total. The lowest BCUT2D eigenvalue weighted by atomic mass is 10.0. The summed E-state index contributed by atoms with van der Waals surface area (Å²) in [6.45, 7) is 2.44. The first-order chi connectivity index (χ1) is 10.7. The van der Waals surface area contributed by atoms with Gasteiger partial charge in [-0.2, -0.15) is 5.10 Å². The van der Waals surface area contributed by atoms with Gasteiger partial charge < -0.3 is 5.32 Å². The van der Waals surface area contributed by atoms with Gasteiger partial charge in [0.2, 0.25) is 5.91 Å². The average molecular weight is 298 g/mol. The molecule has 0 spiro atoms. The first-order valence-corrected chi connectivity index (χ1v) is 7.75. The highest BCUT2D eigenvalue weighted by Crippen LogP contribution is 2.15. The second-order valence-electron chi connectivity index (χ2n) is 5.84. The Hall–Kier alpha value is -2.14. The molecule has 1 aromatic carbocycles. The van der Waals surface area contributed by atoms with Gasteiger partial charge in [-0.05, 0) is 18.4 Å². The van der Waals surface area contributed by atoms with Crippen molar-refractivity contribution < 1.29 is 4.79 Å². The van der Waals surface area contributed by atoms with Crippen molar-refractivity contribution in [1.29, 1.82) is 0 Å². The second kappa shape index (κ2) is 6.75. The number of nitrogens with zero attached hydrogens (tertiary/aromatic N) is 3. The standard InChI is InChI=1S/C17H22N4O/c1-20-12-15(11-19-20)13-21-9-5-8-18-17(22)16(21)10-14-6-3-2-4-7-14/h2-4,6-7,11-12,16H,5,8-10,13H2,1H3,(H,18,22). The van der Waals surface area contributed by atoms with Crippen LogP contribution in [0.25, 0.3) is 0 Å². The topological polar surface area (TPSA) is 50.2 Å². The zero-order valence-corrected chi connectivity index (χ0v) is 12.9. The van der Waals surface area contributed by atoms with Crippen molar-refractivity contribution in [1.82, 2.24) is 20.0 Å². The van der Waals surface area contributed by atoms with E-state index in [4.69, 9.17) is 0 Å². The van der Waals surface area contributed by atoms with Crippen molar-refractivity contribution in [3.8, 4) is 0 Å². The summed E-state index contributed by atoms with van der Waals surface area (Å²) < 4.78 is 1.80. The number of nitrogens with one attached hydrogen (secondary N) is 1. The Bertz CT molecular complexity index is 623. The molecule has 1 aliphatic heterocycles. The third kappa shape index (κ3) is 3.54. The third-order valence-electron chi connectivity index (χ3n) is 4.08. The van der Waals surface area contributed by atoms with Gasteiger partial charge in [0.15, 0.2) is 0 Å². The van der Waals surface area contributed by atoms with Gasteiger partial charge in [0.1, 0.15) is 0 Å². The maximum absolute atomic E-state index is 12.5. The maximum atomic E-state index is 12.5. The van der Waals surface area contributed by atoms with Gasteiger partial charge in [0, 0.05) is 38.4 Å². The third-order valence-corrected chi connectivity index (χ3v) is 4.08. The highest BCUT2D eigenvalue weighted by atomic mass is 16.2. The molecule has 116 valence electrons. The molecule has 1 saturated heterocycles. The van der Waals surface area contributed by atoms with Crippen molar-refractivity contribution in [2.45, 2.75) is 25.4 Å². The zero-order valence-electron chi connectivity index (χ0n) is 12.9. The summed E-state index contributed by atoms with van der Waals surface area (Å²) in [6, 6.07) is 10.1. The van der Waals surface area contributed by atoms with Crippen molar-refractivity contribution in [2.75, 3.05) is 13.1 Å². The van der Waals surface area contributed by atoms with Crippen LogP contribution in [-0.2, 0) is 24.8 Å². The van der Waals surface area contributed by atoms with Crippen molar-refractivity contribution in [3.05, 3.63) is 53.9 Å². The number of amides is 1. The number of aromatic nitrogens is 2. The molecule has 1 atom stereocenters. The first-order valence-electron chi connectivity index (χ1n) is 7.75. The molecule has 1 fully saturated rings. The minimum Gasteiger partial charge on any atom is -0.355 e. The molecule has 1 amide bonds. The summed E-state index contributed by atoms with van der Waals surface area (Å²) in [7, 11) is 1.92. The Labute approximate surface area is 130 Å². The molecule has 0 radical (unpaired) electrons. The fourth-order valence-electron chi connectivity index (χ4n) is 2.97. The van der Waals surface area contributed by atoms with Crippen LogP contribution in [0.3, 0.4) is 0 Å². The van der Waals surface area contributed by atoms with E-state index in [-0.39, 0.29) is 11.9 Å². The SMILES string of the molecule is Cn1cc(CN2CCCNC(=O)C2Cc2ccccc2)cn1. The van der Waals surface area contributed by atoms with E-state index in [1.165, 1.54) is 5.56 Å². The average Bonchev–Trinajstić information content (AvgIpc) is 2.86. The van der Waals surface area contributed by atoms with Crippen LogP contribution in [0, 0.1) is 0 Å². The molecule has 1 aromatic heterocycles. The predicted molar refractivity (Wildman–Crippen MR) is 85.2 cm³/mol. The van der Waals surface area contributed by atoms with Crippen LogP contribution < -0.4 is 5.32 Å². The molecular formula is C17H22N4O. The van der Waals surface area contributed by atoms with Crippen LogP contribution in [0.1, 0.15) is 17.5 Å². The van der Waals surface area contributed by atoms with E-state index in [0.29, 0.717) is 0 Å². The Morgan fingerprint density at radius 3 is 2.82 bits per heavy atom. The van der Waals surface area contributed by atoms with E-state index in [2.05, 4.69) is 27.4 Å². The predicted octanol–water partition coefficient (Wildman–Crippen LogP) is 1.35. The van der Waals surface area contributed by atoms with E-state index in [0.717, 1.165) is 38.0 Å². The summed E-state index contributed by atoms with van der Waals surface area (Å²) in [4.78, 5) is 14.7. The van der Waals surface area contributed by atoms with Crippen LogP contribution in [0.2, 0.25) is 0 Å². The van der Waals surface area contributed by atoms with Gasteiger partial charge in [-0.3, -0.25) is 14.4 Å². The lowest BCUT2D eigenvalue weighted by molar-refractivity contribution is -0.125. The molecular weight excluding hydrogens is 276 g/mol. The number of hydrogen-bond donors (Lipinski definition) is 1. The Balaban J connectivity index is 1.78. The number of benzene rings is 1. The van der Waals surface area contributed by atoms with Gasteiger partial charge in [0.25, 0.3) is 0 Å². The molecule has 2 aromatic rings. The number of aryl methyl sites for hydroxylation is 1. The van der Waals surface area contributed by atoms with Crippen molar-refractivity contribution in [3.63, 3.8) is 0 Å². The van der Waals surface area contributed by atoms with Gasteiger partial charge in [-0.25, -0.2) is 0 Å². The van der Waals surface area contributed by atoms with Gasteiger partial charge >= 0.3 is 0 Å². The van der Waals surface area contributed by atoms with E-state index in [1.807, 2.05) is 37.6 Å². The van der Waals surface area contributed by atoms with Crippen LogP contribution in [0.15, 0.2) is 42.7 Å². The number of rotatable bonds is 4. The monoisotopic (exact) mass is 298 g/mol. The maximum Gasteiger partial charge on any atom is 0.237 e. The lowest BCUT2D eigenvalue weighted by Crippen LogP contribution is -2.45. The molecule has 0 bridgehead atoms. The molecule has 1 unspecified atom stereocenters. The van der Waals surface area contributed by atoms with E-state index in [1.54, 1.807) is 4.68 Å². The van der Waals surface area contributed by atoms with Gasteiger partial charge in [-0.15, -0.1) is 0 Å². The molecule has 2 heterocycles. The highest BCUT2D eigenvalue weighted by molar-refractivity contribution is 5.82. The van der Waals surface area contributed by atoms with E-state index >= 15 is 0 Å². The summed E-state index contributed by atoms with van der Waals surface area (Å²) in [5.74, 6) is 0.130. The summed E-state index contributed by atoms with van der Waals surface area (Å²) >= 11 is 0. The Kier molecular flexibility index (Phi) is 4.53.